The second-order valence-corrected chi connectivity index (χ2v) is 6.59. The Morgan fingerprint density at radius 2 is 1.76 bits per heavy atom. The molecule has 0 saturated carbocycles. The predicted octanol–water partition coefficient (Wildman–Crippen LogP) is 3.69. The molecule has 0 aliphatic carbocycles. The van der Waals surface area contributed by atoms with Crippen LogP contribution in [0.2, 0.25) is 5.02 Å². The van der Waals surface area contributed by atoms with Gasteiger partial charge in [0.25, 0.3) is 10.0 Å². The molecule has 0 atom stereocenters. The molecule has 0 bridgehead atoms. The van der Waals surface area contributed by atoms with Crippen LogP contribution in [0.1, 0.15) is 0 Å². The molecule has 2 aromatic carbocycles. The number of fused-ring (bicyclic) bond motifs is 1. The Balaban J connectivity index is 1.95. The predicted molar refractivity (Wildman–Crippen MR) is 84.0 cm³/mol. The van der Waals surface area contributed by atoms with Crippen molar-refractivity contribution in [3.63, 3.8) is 0 Å². The molecule has 0 saturated heterocycles. The second-order valence-electron chi connectivity index (χ2n) is 4.47. The van der Waals surface area contributed by atoms with Gasteiger partial charge in [-0.05, 0) is 48.5 Å². The number of nitrogens with zero attached hydrogens (tertiary/aromatic N) is 1. The number of aromatic nitrogens is 1. The standard InChI is InChI=1S/C15H11ClN2O2S/c16-12-3-6-14(7-4-12)21(19,20)18-13-5-8-15-11(10-13)2-1-9-17-15/h1-10,18H. The molecule has 1 aromatic heterocycles. The molecule has 3 aromatic rings. The second kappa shape index (κ2) is 5.35. The summed E-state index contributed by atoms with van der Waals surface area (Å²) in [5, 5.41) is 1.36. The van der Waals surface area contributed by atoms with Crippen molar-refractivity contribution >= 4 is 38.2 Å². The van der Waals surface area contributed by atoms with Crippen LogP contribution in [0.25, 0.3) is 10.9 Å². The van der Waals surface area contributed by atoms with Crippen LogP contribution in [0.3, 0.4) is 0 Å². The number of rotatable bonds is 3. The Kier molecular flexibility index (Phi) is 3.53. The third-order valence-corrected chi connectivity index (χ3v) is 4.63. The van der Waals surface area contributed by atoms with Gasteiger partial charge in [-0.1, -0.05) is 17.7 Å². The van der Waals surface area contributed by atoms with Gasteiger partial charge in [0.2, 0.25) is 0 Å². The largest absolute Gasteiger partial charge is 0.280 e. The summed E-state index contributed by atoms with van der Waals surface area (Å²) in [7, 11) is -3.63. The first-order valence-electron chi connectivity index (χ1n) is 6.18. The fraction of sp³-hybridized carbons (Fsp3) is 0. The lowest BCUT2D eigenvalue weighted by atomic mass is 10.2. The lowest BCUT2D eigenvalue weighted by Crippen LogP contribution is -2.12. The maximum absolute atomic E-state index is 12.3. The highest BCUT2D eigenvalue weighted by Gasteiger charge is 2.14. The third kappa shape index (κ3) is 2.99. The van der Waals surface area contributed by atoms with Crippen LogP contribution in [0.4, 0.5) is 5.69 Å². The van der Waals surface area contributed by atoms with Crippen LogP contribution in [0.5, 0.6) is 0 Å². The highest BCUT2D eigenvalue weighted by atomic mass is 35.5. The maximum Gasteiger partial charge on any atom is 0.261 e. The molecule has 4 nitrogen and oxygen atoms in total. The number of hydrogen-bond donors (Lipinski definition) is 1. The molecule has 0 fully saturated rings. The Morgan fingerprint density at radius 3 is 2.52 bits per heavy atom. The first-order valence-corrected chi connectivity index (χ1v) is 8.04. The summed E-state index contributed by atoms with van der Waals surface area (Å²) in [5.74, 6) is 0. The Bertz CT molecular complexity index is 893. The van der Waals surface area contributed by atoms with Crippen LogP contribution < -0.4 is 4.72 Å². The van der Waals surface area contributed by atoms with Crippen molar-refractivity contribution in [2.24, 2.45) is 0 Å². The van der Waals surface area contributed by atoms with Crippen molar-refractivity contribution in [3.05, 3.63) is 65.8 Å². The Hall–Kier alpha value is -2.11. The van der Waals surface area contributed by atoms with E-state index in [9.17, 15) is 8.42 Å². The Morgan fingerprint density at radius 1 is 1.00 bits per heavy atom. The highest BCUT2D eigenvalue weighted by molar-refractivity contribution is 7.92. The topological polar surface area (TPSA) is 59.1 Å². The lowest BCUT2D eigenvalue weighted by molar-refractivity contribution is 0.601. The summed E-state index contributed by atoms with van der Waals surface area (Å²) in [5.41, 5.74) is 1.30. The first-order chi connectivity index (χ1) is 10.0. The van der Waals surface area contributed by atoms with Gasteiger partial charge in [0.1, 0.15) is 0 Å². The van der Waals surface area contributed by atoms with Gasteiger partial charge in [0, 0.05) is 22.3 Å². The average Bonchev–Trinajstić information content (AvgIpc) is 2.47. The molecule has 106 valence electrons. The van der Waals surface area contributed by atoms with Crippen LogP contribution in [0, 0.1) is 0 Å². The molecule has 0 radical (unpaired) electrons. The summed E-state index contributed by atoms with van der Waals surface area (Å²) in [6, 6.07) is 14.9. The van der Waals surface area contributed by atoms with Crippen LogP contribution >= 0.6 is 11.6 Å². The van der Waals surface area contributed by atoms with E-state index in [-0.39, 0.29) is 4.90 Å². The molecule has 0 spiro atoms. The molecular weight excluding hydrogens is 308 g/mol. The zero-order valence-corrected chi connectivity index (χ0v) is 12.4. The van der Waals surface area contributed by atoms with Crippen molar-refractivity contribution in [1.82, 2.24) is 4.98 Å². The molecule has 0 aliphatic rings. The molecular formula is C15H11ClN2O2S. The molecule has 1 heterocycles. The van der Waals surface area contributed by atoms with Crippen LogP contribution in [-0.2, 0) is 10.0 Å². The molecule has 0 unspecified atom stereocenters. The summed E-state index contributed by atoms with van der Waals surface area (Å²) < 4.78 is 27.1. The van der Waals surface area contributed by atoms with Gasteiger partial charge in [-0.25, -0.2) is 8.42 Å². The Labute approximate surface area is 127 Å². The number of anilines is 1. The minimum Gasteiger partial charge on any atom is -0.280 e. The smallest absolute Gasteiger partial charge is 0.261 e. The summed E-state index contributed by atoms with van der Waals surface area (Å²) in [6.07, 6.45) is 1.69. The fourth-order valence-corrected chi connectivity index (χ4v) is 3.14. The maximum atomic E-state index is 12.3. The van der Waals surface area contributed by atoms with E-state index < -0.39 is 10.0 Å². The van der Waals surface area contributed by atoms with E-state index >= 15 is 0 Å². The van der Waals surface area contributed by atoms with Gasteiger partial charge in [-0.2, -0.15) is 0 Å². The fourth-order valence-electron chi connectivity index (χ4n) is 1.97. The van der Waals surface area contributed by atoms with Crippen LogP contribution in [0.15, 0.2) is 65.7 Å². The van der Waals surface area contributed by atoms with Gasteiger partial charge in [0.05, 0.1) is 10.4 Å². The van der Waals surface area contributed by atoms with E-state index in [4.69, 9.17) is 11.6 Å². The average molecular weight is 319 g/mol. The normalized spacial score (nSPS) is 11.5. The first kappa shape index (κ1) is 13.9. The quantitative estimate of drug-likeness (QED) is 0.801. The SMILES string of the molecule is O=S(=O)(Nc1ccc2ncccc2c1)c1ccc(Cl)cc1. The summed E-state index contributed by atoms with van der Waals surface area (Å²) in [4.78, 5) is 4.36. The zero-order valence-electron chi connectivity index (χ0n) is 10.8. The van der Waals surface area contributed by atoms with E-state index in [1.165, 1.54) is 12.1 Å². The minimum absolute atomic E-state index is 0.165. The summed E-state index contributed by atoms with van der Waals surface area (Å²) >= 11 is 5.77. The van der Waals surface area contributed by atoms with Crippen molar-refractivity contribution in [2.75, 3.05) is 4.72 Å². The van der Waals surface area contributed by atoms with E-state index in [1.54, 1.807) is 42.6 Å². The minimum atomic E-state index is -3.63. The van der Waals surface area contributed by atoms with Gasteiger partial charge >= 0.3 is 0 Å². The molecule has 0 amide bonds. The number of sulfonamides is 1. The number of benzene rings is 2. The molecule has 0 aliphatic heterocycles. The van der Waals surface area contributed by atoms with E-state index in [2.05, 4.69) is 9.71 Å². The number of pyridine rings is 1. The van der Waals surface area contributed by atoms with Crippen molar-refractivity contribution < 1.29 is 8.42 Å². The number of hydrogen-bond acceptors (Lipinski definition) is 3. The molecule has 21 heavy (non-hydrogen) atoms. The van der Waals surface area contributed by atoms with Gasteiger partial charge < -0.3 is 0 Å². The number of halogens is 1. The van der Waals surface area contributed by atoms with Gasteiger partial charge in [-0.3, -0.25) is 9.71 Å². The monoisotopic (exact) mass is 318 g/mol. The van der Waals surface area contributed by atoms with Crippen molar-refractivity contribution in [1.29, 1.82) is 0 Å². The van der Waals surface area contributed by atoms with E-state index in [1.807, 2.05) is 6.07 Å². The molecule has 3 rings (SSSR count). The highest BCUT2D eigenvalue weighted by Crippen LogP contribution is 2.21. The van der Waals surface area contributed by atoms with E-state index in [0.717, 1.165) is 10.9 Å². The molecule has 1 N–H and O–H groups in total. The summed E-state index contributed by atoms with van der Waals surface area (Å²) in [6.45, 7) is 0. The van der Waals surface area contributed by atoms with Crippen molar-refractivity contribution in [2.45, 2.75) is 4.90 Å². The number of nitrogens with one attached hydrogen (secondary N) is 1. The third-order valence-electron chi connectivity index (χ3n) is 2.98. The van der Waals surface area contributed by atoms with Gasteiger partial charge in [0.15, 0.2) is 0 Å². The van der Waals surface area contributed by atoms with Crippen LogP contribution in [-0.4, -0.2) is 13.4 Å². The van der Waals surface area contributed by atoms with E-state index in [0.29, 0.717) is 10.7 Å². The molecule has 6 heteroatoms. The van der Waals surface area contributed by atoms with Crippen molar-refractivity contribution in [3.8, 4) is 0 Å². The lowest BCUT2D eigenvalue weighted by Gasteiger charge is -2.09. The zero-order chi connectivity index (χ0) is 14.9. The van der Waals surface area contributed by atoms with Gasteiger partial charge in [-0.15, -0.1) is 0 Å².